The van der Waals surface area contributed by atoms with E-state index < -0.39 is 5.60 Å². The highest BCUT2D eigenvalue weighted by Crippen LogP contribution is 2.36. The smallest absolute Gasteiger partial charge is 0.170 e. The first-order chi connectivity index (χ1) is 12.4. The largest absolute Gasteiger partial charge is 0.373 e. The van der Waals surface area contributed by atoms with Crippen LogP contribution in [-0.4, -0.2) is 40.2 Å². The van der Waals surface area contributed by atoms with E-state index in [1.165, 1.54) is 0 Å². The summed E-state index contributed by atoms with van der Waals surface area (Å²) >= 11 is 6.04. The first kappa shape index (κ1) is 18.4. The number of halogens is 1. The van der Waals surface area contributed by atoms with Gasteiger partial charge in [-0.25, -0.2) is 4.98 Å². The molecule has 0 fully saturated rings. The summed E-state index contributed by atoms with van der Waals surface area (Å²) in [5.41, 5.74) is 0.782. The van der Waals surface area contributed by atoms with Gasteiger partial charge in [-0.05, 0) is 49.5 Å². The fourth-order valence-electron chi connectivity index (χ4n) is 3.05. The Hall–Kier alpha value is -2.40. The molecule has 1 atom stereocenters. The molecular formula is C21H22ClN3O. The van der Waals surface area contributed by atoms with Crippen molar-refractivity contribution >= 4 is 11.6 Å². The molecule has 0 aliphatic heterocycles. The highest BCUT2D eigenvalue weighted by molar-refractivity contribution is 6.30. The molecule has 0 saturated heterocycles. The van der Waals surface area contributed by atoms with Crippen LogP contribution in [0.5, 0.6) is 0 Å². The van der Waals surface area contributed by atoms with Crippen LogP contribution in [0.25, 0.3) is 5.69 Å². The number of aliphatic hydroxyl groups is 1. The molecule has 3 rings (SSSR count). The van der Waals surface area contributed by atoms with Gasteiger partial charge in [0.25, 0.3) is 0 Å². The van der Waals surface area contributed by atoms with Crippen molar-refractivity contribution in [2.75, 3.05) is 20.6 Å². The third-order valence-electron chi connectivity index (χ3n) is 4.28. The number of hydrogen-bond donors (Lipinski definition) is 1. The second-order valence-electron chi connectivity index (χ2n) is 6.52. The standard InChI is InChI=1S/C21H22ClN3O/c1-16(15-24(2)3)21(26,17-9-11-18(22)12-10-17)20-23-13-14-25(20)19-7-5-4-6-8-19/h4-14,26H,1,15H2,2-3H3. The van der Waals surface area contributed by atoms with Crippen LogP contribution in [0.3, 0.4) is 0 Å². The topological polar surface area (TPSA) is 41.3 Å². The molecule has 0 saturated carbocycles. The normalized spacial score (nSPS) is 13.6. The monoisotopic (exact) mass is 367 g/mol. The van der Waals surface area contributed by atoms with Gasteiger partial charge in [0.2, 0.25) is 0 Å². The molecule has 3 aromatic rings. The minimum Gasteiger partial charge on any atom is -0.373 e. The van der Waals surface area contributed by atoms with Gasteiger partial charge in [0.15, 0.2) is 11.4 Å². The van der Waals surface area contributed by atoms with Crippen molar-refractivity contribution in [1.29, 1.82) is 0 Å². The quantitative estimate of drug-likeness (QED) is 0.672. The number of imidazole rings is 1. The maximum absolute atomic E-state index is 11.8. The van der Waals surface area contributed by atoms with Crippen molar-refractivity contribution in [3.63, 3.8) is 0 Å². The number of rotatable bonds is 6. The molecule has 134 valence electrons. The lowest BCUT2D eigenvalue weighted by Gasteiger charge is -2.32. The van der Waals surface area contributed by atoms with Gasteiger partial charge in [-0.1, -0.05) is 48.5 Å². The van der Waals surface area contributed by atoms with Gasteiger partial charge in [-0.2, -0.15) is 0 Å². The van der Waals surface area contributed by atoms with E-state index in [1.54, 1.807) is 18.3 Å². The average Bonchev–Trinajstić information content (AvgIpc) is 3.12. The van der Waals surface area contributed by atoms with Crippen LogP contribution in [0.2, 0.25) is 5.02 Å². The first-order valence-electron chi connectivity index (χ1n) is 8.33. The Kier molecular flexibility index (Phi) is 5.28. The van der Waals surface area contributed by atoms with Crippen molar-refractivity contribution in [2.24, 2.45) is 0 Å². The second-order valence-corrected chi connectivity index (χ2v) is 6.95. The van der Waals surface area contributed by atoms with Gasteiger partial charge in [-0.15, -0.1) is 0 Å². The lowest BCUT2D eigenvalue weighted by atomic mass is 9.85. The highest BCUT2D eigenvalue weighted by Gasteiger charge is 2.39. The van der Waals surface area contributed by atoms with Gasteiger partial charge in [-0.3, -0.25) is 0 Å². The molecule has 5 heteroatoms. The van der Waals surface area contributed by atoms with Crippen LogP contribution < -0.4 is 0 Å². The molecule has 4 nitrogen and oxygen atoms in total. The Labute approximate surface area is 159 Å². The van der Waals surface area contributed by atoms with Crippen LogP contribution >= 0.6 is 11.6 Å². The molecule has 0 radical (unpaired) electrons. The van der Waals surface area contributed by atoms with Crippen LogP contribution in [-0.2, 0) is 5.60 Å². The number of hydrogen-bond acceptors (Lipinski definition) is 3. The Bertz CT molecular complexity index is 887. The summed E-state index contributed by atoms with van der Waals surface area (Å²) < 4.78 is 1.88. The lowest BCUT2D eigenvalue weighted by Crippen LogP contribution is -2.36. The predicted octanol–water partition coefficient (Wildman–Crippen LogP) is 3.88. The van der Waals surface area contributed by atoms with Gasteiger partial charge in [0, 0.05) is 29.6 Å². The van der Waals surface area contributed by atoms with E-state index in [0.29, 0.717) is 28.5 Å². The van der Waals surface area contributed by atoms with E-state index in [9.17, 15) is 5.11 Å². The molecule has 0 spiro atoms. The van der Waals surface area contributed by atoms with E-state index in [4.69, 9.17) is 11.6 Å². The van der Waals surface area contributed by atoms with E-state index in [1.807, 2.05) is 72.2 Å². The van der Waals surface area contributed by atoms with E-state index in [2.05, 4.69) is 11.6 Å². The van der Waals surface area contributed by atoms with E-state index in [0.717, 1.165) is 5.69 Å². The number of benzene rings is 2. The maximum Gasteiger partial charge on any atom is 0.170 e. The third kappa shape index (κ3) is 3.44. The average molecular weight is 368 g/mol. The minimum atomic E-state index is -1.45. The molecule has 26 heavy (non-hydrogen) atoms. The summed E-state index contributed by atoms with van der Waals surface area (Å²) in [7, 11) is 3.88. The van der Waals surface area contributed by atoms with E-state index >= 15 is 0 Å². The molecule has 0 aliphatic carbocycles. The number of aromatic nitrogens is 2. The Morgan fingerprint density at radius 1 is 1.15 bits per heavy atom. The number of likely N-dealkylation sites (N-methyl/N-ethyl adjacent to an activating group) is 1. The second kappa shape index (κ2) is 7.46. The van der Waals surface area contributed by atoms with Crippen LogP contribution in [0, 0.1) is 0 Å². The SMILES string of the molecule is C=C(CN(C)C)C(O)(c1ccc(Cl)cc1)c1nccn1-c1ccccc1. The zero-order chi connectivity index (χ0) is 18.7. The van der Waals surface area contributed by atoms with Crippen LogP contribution in [0.1, 0.15) is 11.4 Å². The summed E-state index contributed by atoms with van der Waals surface area (Å²) in [5.74, 6) is 0.498. The molecule has 0 bridgehead atoms. The number of nitrogens with zero attached hydrogens (tertiary/aromatic N) is 3. The number of para-hydroxylation sites is 1. The Balaban J connectivity index is 2.18. The summed E-state index contributed by atoms with van der Waals surface area (Å²) in [6.45, 7) is 4.69. The first-order valence-corrected chi connectivity index (χ1v) is 8.71. The molecule has 1 unspecified atom stereocenters. The summed E-state index contributed by atoms with van der Waals surface area (Å²) in [6.07, 6.45) is 3.53. The summed E-state index contributed by atoms with van der Waals surface area (Å²) in [4.78, 5) is 6.46. The van der Waals surface area contributed by atoms with Crippen molar-refractivity contribution in [1.82, 2.24) is 14.5 Å². The molecule has 2 aromatic carbocycles. The van der Waals surface area contributed by atoms with Crippen molar-refractivity contribution < 1.29 is 5.11 Å². The fourth-order valence-corrected chi connectivity index (χ4v) is 3.17. The molecule has 1 N–H and O–H groups in total. The maximum atomic E-state index is 11.8. The van der Waals surface area contributed by atoms with Gasteiger partial charge < -0.3 is 14.6 Å². The van der Waals surface area contributed by atoms with Crippen LogP contribution in [0.4, 0.5) is 0 Å². The molecular weight excluding hydrogens is 346 g/mol. The van der Waals surface area contributed by atoms with Gasteiger partial charge >= 0.3 is 0 Å². The van der Waals surface area contributed by atoms with Gasteiger partial charge in [0.1, 0.15) is 0 Å². The van der Waals surface area contributed by atoms with E-state index in [-0.39, 0.29) is 0 Å². The van der Waals surface area contributed by atoms with Crippen molar-refractivity contribution in [2.45, 2.75) is 5.60 Å². The predicted molar refractivity (Wildman–Crippen MR) is 106 cm³/mol. The third-order valence-corrected chi connectivity index (χ3v) is 4.53. The Morgan fingerprint density at radius 3 is 2.42 bits per heavy atom. The fraction of sp³-hybridized carbons (Fsp3) is 0.190. The molecule has 1 heterocycles. The highest BCUT2D eigenvalue weighted by atomic mass is 35.5. The molecule has 1 aromatic heterocycles. The zero-order valence-corrected chi connectivity index (χ0v) is 15.7. The molecule has 0 amide bonds. The molecule has 0 aliphatic rings. The summed E-state index contributed by atoms with van der Waals surface area (Å²) in [5, 5.41) is 12.5. The summed E-state index contributed by atoms with van der Waals surface area (Å²) in [6, 6.07) is 17.0. The minimum absolute atomic E-state index is 0.498. The Morgan fingerprint density at radius 2 is 1.81 bits per heavy atom. The zero-order valence-electron chi connectivity index (χ0n) is 14.9. The lowest BCUT2D eigenvalue weighted by molar-refractivity contribution is 0.102. The van der Waals surface area contributed by atoms with Crippen molar-refractivity contribution in [3.05, 3.63) is 95.6 Å². The van der Waals surface area contributed by atoms with Crippen LogP contribution in [0.15, 0.2) is 79.1 Å². The van der Waals surface area contributed by atoms with Gasteiger partial charge in [0.05, 0.1) is 0 Å². The van der Waals surface area contributed by atoms with Crippen molar-refractivity contribution in [3.8, 4) is 5.69 Å².